The van der Waals surface area contributed by atoms with E-state index in [0.29, 0.717) is 11.3 Å². The average Bonchev–Trinajstić information content (AvgIpc) is 2.62. The van der Waals surface area contributed by atoms with E-state index in [-0.39, 0.29) is 18.2 Å². The van der Waals surface area contributed by atoms with E-state index in [1.165, 1.54) is 12.3 Å². The van der Waals surface area contributed by atoms with E-state index in [9.17, 15) is 9.18 Å². The van der Waals surface area contributed by atoms with E-state index < -0.39 is 5.69 Å². The third-order valence-corrected chi connectivity index (χ3v) is 3.17. The minimum atomic E-state index is -0.566. The quantitative estimate of drug-likeness (QED) is 0.531. The number of halogens is 1. The van der Waals surface area contributed by atoms with Crippen LogP contribution in [0.1, 0.15) is 11.1 Å². The molecule has 0 unspecified atom stereocenters. The zero-order valence-corrected chi connectivity index (χ0v) is 13.0. The monoisotopic (exact) mass is 339 g/mol. The molecule has 0 aliphatic carbocycles. The molecule has 0 saturated heterocycles. The summed E-state index contributed by atoms with van der Waals surface area (Å²) in [5, 5.41) is 9.74. The first kappa shape index (κ1) is 16.3. The Labute approximate surface area is 142 Å². The van der Waals surface area contributed by atoms with Gasteiger partial charge < -0.3 is 4.74 Å². The molecule has 0 atom stereocenters. The van der Waals surface area contributed by atoms with Crippen molar-refractivity contribution < 1.29 is 9.13 Å². The van der Waals surface area contributed by atoms with E-state index >= 15 is 0 Å². The molecule has 1 aromatic heterocycles. The first-order valence-electron chi connectivity index (χ1n) is 7.38. The molecule has 0 fully saturated rings. The predicted molar refractivity (Wildman–Crippen MR) is 91.0 cm³/mol. The number of rotatable bonds is 6. The summed E-state index contributed by atoms with van der Waals surface area (Å²) in [6.07, 6.45) is 2.88. The molecular formula is C17H14FN5O2. The fourth-order valence-electron chi connectivity index (χ4n) is 2.00. The number of hydrogen-bond acceptors (Lipinski definition) is 6. The number of aromatic nitrogens is 3. The number of anilines is 1. The minimum absolute atomic E-state index is 0.133. The molecule has 25 heavy (non-hydrogen) atoms. The van der Waals surface area contributed by atoms with Gasteiger partial charge in [0.2, 0.25) is 0 Å². The Kier molecular flexibility index (Phi) is 5.10. The highest BCUT2D eigenvalue weighted by Crippen LogP contribution is 2.15. The second-order valence-corrected chi connectivity index (χ2v) is 4.99. The maximum atomic E-state index is 13.6. The Morgan fingerprint density at radius 3 is 2.96 bits per heavy atom. The van der Waals surface area contributed by atoms with Gasteiger partial charge in [0.05, 0.1) is 12.4 Å². The van der Waals surface area contributed by atoms with Gasteiger partial charge in [0.1, 0.15) is 18.2 Å². The Morgan fingerprint density at radius 1 is 1.24 bits per heavy atom. The number of ether oxygens (including phenoxy) is 1. The first-order chi connectivity index (χ1) is 12.2. The molecule has 3 aromatic rings. The van der Waals surface area contributed by atoms with E-state index in [1.54, 1.807) is 42.6 Å². The fourth-order valence-corrected chi connectivity index (χ4v) is 2.00. The molecule has 0 amide bonds. The van der Waals surface area contributed by atoms with Crippen LogP contribution >= 0.6 is 0 Å². The third-order valence-electron chi connectivity index (χ3n) is 3.17. The number of H-pyrrole nitrogens is 1. The van der Waals surface area contributed by atoms with E-state index in [2.05, 4.69) is 25.7 Å². The van der Waals surface area contributed by atoms with Crippen LogP contribution in [0.5, 0.6) is 5.75 Å². The van der Waals surface area contributed by atoms with Crippen molar-refractivity contribution in [1.29, 1.82) is 0 Å². The zero-order chi connectivity index (χ0) is 17.5. The lowest BCUT2D eigenvalue weighted by atomic mass is 10.2. The number of nitrogens with zero attached hydrogens (tertiary/aromatic N) is 3. The number of benzene rings is 2. The van der Waals surface area contributed by atoms with E-state index in [1.807, 2.05) is 6.07 Å². The molecule has 0 radical (unpaired) electrons. The SMILES string of the molecule is O=c1nc(N/N=C/c2cccc(OCc3ccccc3F)c2)cn[nH]1. The van der Waals surface area contributed by atoms with E-state index in [4.69, 9.17) is 4.74 Å². The van der Waals surface area contributed by atoms with Gasteiger partial charge in [0, 0.05) is 5.56 Å². The standard InChI is InChI=1S/C17H14FN5O2/c18-15-7-2-1-5-13(15)11-25-14-6-3-4-12(8-14)9-19-22-16-10-20-23-17(24)21-16/h1-10H,11H2,(H2,21,22,23,24)/b19-9+. The lowest BCUT2D eigenvalue weighted by Gasteiger charge is -2.07. The summed E-state index contributed by atoms with van der Waals surface area (Å²) in [6, 6.07) is 13.6. The normalized spacial score (nSPS) is 10.8. The molecule has 8 heteroatoms. The smallest absolute Gasteiger partial charge is 0.363 e. The largest absolute Gasteiger partial charge is 0.489 e. The van der Waals surface area contributed by atoms with Gasteiger partial charge in [0.15, 0.2) is 5.82 Å². The van der Waals surface area contributed by atoms with Crippen LogP contribution in [-0.4, -0.2) is 21.4 Å². The van der Waals surface area contributed by atoms with Crippen LogP contribution in [0.4, 0.5) is 10.2 Å². The van der Waals surface area contributed by atoms with Crippen LogP contribution in [-0.2, 0) is 6.61 Å². The molecule has 126 valence electrons. The van der Waals surface area contributed by atoms with Crippen molar-refractivity contribution >= 4 is 12.0 Å². The van der Waals surface area contributed by atoms with Crippen molar-refractivity contribution in [2.45, 2.75) is 6.61 Å². The number of hydrazone groups is 1. The summed E-state index contributed by atoms with van der Waals surface area (Å²) in [7, 11) is 0. The maximum Gasteiger partial charge on any atom is 0.363 e. The lowest BCUT2D eigenvalue weighted by Crippen LogP contribution is -2.13. The fraction of sp³-hybridized carbons (Fsp3) is 0.0588. The highest BCUT2D eigenvalue weighted by molar-refractivity contribution is 5.80. The zero-order valence-electron chi connectivity index (χ0n) is 13.0. The number of nitrogens with one attached hydrogen (secondary N) is 2. The predicted octanol–water partition coefficient (Wildman–Crippen LogP) is 2.33. The highest BCUT2D eigenvalue weighted by Gasteiger charge is 2.02. The Morgan fingerprint density at radius 2 is 2.12 bits per heavy atom. The van der Waals surface area contributed by atoms with Crippen LogP contribution in [0, 0.1) is 5.82 Å². The molecule has 0 bridgehead atoms. The number of hydrogen-bond donors (Lipinski definition) is 2. The molecule has 1 heterocycles. The summed E-state index contributed by atoms with van der Waals surface area (Å²) < 4.78 is 19.2. The van der Waals surface area contributed by atoms with Crippen molar-refractivity contribution in [3.63, 3.8) is 0 Å². The van der Waals surface area contributed by atoms with Crippen LogP contribution in [0.25, 0.3) is 0 Å². The molecule has 0 spiro atoms. The van der Waals surface area contributed by atoms with Gasteiger partial charge in [-0.1, -0.05) is 30.3 Å². The topological polar surface area (TPSA) is 92.3 Å². The summed E-state index contributed by atoms with van der Waals surface area (Å²) in [5.74, 6) is 0.512. The molecular weight excluding hydrogens is 325 g/mol. The van der Waals surface area contributed by atoms with Crippen molar-refractivity contribution in [1.82, 2.24) is 15.2 Å². The molecule has 3 rings (SSSR count). The van der Waals surface area contributed by atoms with Crippen LogP contribution in [0.15, 0.2) is 64.6 Å². The first-order valence-corrected chi connectivity index (χ1v) is 7.38. The molecule has 0 aliphatic rings. The highest BCUT2D eigenvalue weighted by atomic mass is 19.1. The van der Waals surface area contributed by atoms with Crippen molar-refractivity contribution in [2.75, 3.05) is 5.43 Å². The molecule has 2 N–H and O–H groups in total. The summed E-state index contributed by atoms with van der Waals surface area (Å²) in [6.45, 7) is 0.133. The van der Waals surface area contributed by atoms with Gasteiger partial charge in [-0.2, -0.15) is 15.2 Å². The second-order valence-electron chi connectivity index (χ2n) is 4.99. The van der Waals surface area contributed by atoms with Crippen molar-refractivity contribution in [3.05, 3.63) is 82.2 Å². The summed E-state index contributed by atoms with van der Waals surface area (Å²) in [5.41, 5.74) is 3.28. The van der Waals surface area contributed by atoms with Crippen LogP contribution in [0.2, 0.25) is 0 Å². The summed E-state index contributed by atoms with van der Waals surface area (Å²) >= 11 is 0. The van der Waals surface area contributed by atoms with Gasteiger partial charge in [-0.25, -0.2) is 14.3 Å². The summed E-state index contributed by atoms with van der Waals surface area (Å²) in [4.78, 5) is 14.7. The van der Waals surface area contributed by atoms with Crippen LogP contribution < -0.4 is 15.9 Å². The Hall–Kier alpha value is -3.55. The molecule has 0 saturated carbocycles. The van der Waals surface area contributed by atoms with Gasteiger partial charge in [-0.05, 0) is 23.8 Å². The van der Waals surface area contributed by atoms with Crippen molar-refractivity contribution in [3.8, 4) is 5.75 Å². The molecule has 2 aromatic carbocycles. The number of aromatic amines is 1. The Balaban J connectivity index is 1.62. The molecule has 0 aliphatic heterocycles. The second kappa shape index (κ2) is 7.82. The van der Waals surface area contributed by atoms with E-state index in [0.717, 1.165) is 5.56 Å². The van der Waals surface area contributed by atoms with Crippen LogP contribution in [0.3, 0.4) is 0 Å². The lowest BCUT2D eigenvalue weighted by molar-refractivity contribution is 0.300. The minimum Gasteiger partial charge on any atom is -0.489 e. The van der Waals surface area contributed by atoms with Gasteiger partial charge in [0.25, 0.3) is 0 Å². The van der Waals surface area contributed by atoms with Gasteiger partial charge in [-0.3, -0.25) is 5.43 Å². The van der Waals surface area contributed by atoms with Gasteiger partial charge in [-0.15, -0.1) is 0 Å². The Bertz CT molecular complexity index is 942. The van der Waals surface area contributed by atoms with Crippen molar-refractivity contribution in [2.24, 2.45) is 5.10 Å². The molecule has 7 nitrogen and oxygen atoms in total. The third kappa shape index (κ3) is 4.71. The van der Waals surface area contributed by atoms with Gasteiger partial charge >= 0.3 is 5.69 Å². The average molecular weight is 339 g/mol. The maximum absolute atomic E-state index is 13.6.